The molecule has 53 heavy (non-hydrogen) atoms. The van der Waals surface area contributed by atoms with Gasteiger partial charge in [-0.05, 0) is 119 Å². The molecule has 0 spiro atoms. The second-order valence-corrected chi connectivity index (χ2v) is 14.1. The van der Waals surface area contributed by atoms with E-state index in [9.17, 15) is 0 Å². The molecule has 2 aliphatic carbocycles. The van der Waals surface area contributed by atoms with Crippen LogP contribution in [0.4, 0.5) is 17.1 Å². The highest BCUT2D eigenvalue weighted by Gasteiger charge is 2.30. The summed E-state index contributed by atoms with van der Waals surface area (Å²) in [5.74, 6) is 0. The molecule has 0 aliphatic heterocycles. The lowest BCUT2D eigenvalue weighted by molar-refractivity contribution is 1.29. The first-order valence-electron chi connectivity index (χ1n) is 18.3. The van der Waals surface area contributed by atoms with E-state index in [1.807, 2.05) is 0 Å². The van der Waals surface area contributed by atoms with Crippen LogP contribution in [0.5, 0.6) is 0 Å². The van der Waals surface area contributed by atoms with Crippen molar-refractivity contribution in [2.45, 2.75) is 0 Å². The van der Waals surface area contributed by atoms with Crippen molar-refractivity contribution in [3.63, 3.8) is 0 Å². The summed E-state index contributed by atoms with van der Waals surface area (Å²) in [6, 6.07) is 73.5. The largest absolute Gasteiger partial charge is 0.310 e. The minimum Gasteiger partial charge on any atom is -0.310 e. The monoisotopic (exact) mass is 671 g/mol. The van der Waals surface area contributed by atoms with Crippen molar-refractivity contribution in [3.05, 3.63) is 200 Å². The molecule has 0 heterocycles. The first-order valence-corrected chi connectivity index (χ1v) is 18.3. The van der Waals surface area contributed by atoms with E-state index < -0.39 is 0 Å². The molecule has 11 rings (SSSR count). The first kappa shape index (κ1) is 29.7. The highest BCUT2D eigenvalue weighted by atomic mass is 15.1. The normalized spacial score (nSPS) is 11.8. The summed E-state index contributed by atoms with van der Waals surface area (Å²) in [5.41, 5.74) is 21.3. The fraction of sp³-hybridized carbons (Fsp3) is 0. The Labute approximate surface area is 309 Å². The Hall–Kier alpha value is -6.96. The van der Waals surface area contributed by atoms with Crippen LogP contribution in [-0.4, -0.2) is 0 Å². The van der Waals surface area contributed by atoms with Crippen molar-refractivity contribution < 1.29 is 0 Å². The van der Waals surface area contributed by atoms with Crippen molar-refractivity contribution in [2.75, 3.05) is 4.90 Å². The minimum atomic E-state index is 1.11. The standard InChI is InChI=1S/C52H33N/c1-2-13-36(14-3-1)41-16-8-9-23-50(41)53(40-30-26-34-12-4-5-15-37(34)32-40)39-28-24-35(25-29-39)38-27-31-43-46-20-11-21-47-48-22-10-19-45(52(48)49(43)33-38)42-17-6-7-18-44(42)51(46)47/h1-33H. The van der Waals surface area contributed by atoms with Gasteiger partial charge in [-0.3, -0.25) is 0 Å². The number of anilines is 3. The third-order valence-electron chi connectivity index (χ3n) is 11.2. The van der Waals surface area contributed by atoms with Crippen molar-refractivity contribution >= 4 is 27.8 Å². The van der Waals surface area contributed by atoms with Gasteiger partial charge in [-0.2, -0.15) is 0 Å². The smallest absolute Gasteiger partial charge is 0.0540 e. The number of hydrogen-bond donors (Lipinski definition) is 0. The van der Waals surface area contributed by atoms with Gasteiger partial charge in [0.25, 0.3) is 0 Å². The third kappa shape index (κ3) is 4.64. The summed E-state index contributed by atoms with van der Waals surface area (Å²) in [6.07, 6.45) is 0. The number of hydrogen-bond acceptors (Lipinski definition) is 1. The highest BCUT2D eigenvalue weighted by molar-refractivity contribution is 6.15. The van der Waals surface area contributed by atoms with E-state index in [4.69, 9.17) is 0 Å². The van der Waals surface area contributed by atoms with Gasteiger partial charge in [0, 0.05) is 16.9 Å². The Kier molecular flexibility index (Phi) is 6.62. The summed E-state index contributed by atoms with van der Waals surface area (Å²) in [5, 5.41) is 2.45. The molecule has 246 valence electrons. The molecule has 0 atom stereocenters. The van der Waals surface area contributed by atoms with E-state index >= 15 is 0 Å². The molecule has 1 nitrogen and oxygen atoms in total. The van der Waals surface area contributed by atoms with Crippen LogP contribution >= 0.6 is 0 Å². The number of nitrogens with zero attached hydrogens (tertiary/aromatic N) is 1. The van der Waals surface area contributed by atoms with Crippen LogP contribution in [0.15, 0.2) is 200 Å². The fourth-order valence-corrected chi connectivity index (χ4v) is 8.76. The molecule has 0 amide bonds. The SMILES string of the molecule is c1ccc(-c2ccccc2N(c2ccc(-c3ccc4c(c3)-c3c5cccc3-c3cccc-4c3-c3ccccc3-5)cc2)c2ccc3ccccc3c2)cc1. The first-order chi connectivity index (χ1) is 26.3. The lowest BCUT2D eigenvalue weighted by Crippen LogP contribution is -2.11. The van der Waals surface area contributed by atoms with Gasteiger partial charge >= 0.3 is 0 Å². The number of rotatable bonds is 5. The van der Waals surface area contributed by atoms with Crippen LogP contribution in [0, 0.1) is 0 Å². The number of para-hydroxylation sites is 1. The molecular formula is C52H33N. The predicted molar refractivity (Wildman–Crippen MR) is 224 cm³/mol. The molecule has 0 saturated carbocycles. The highest BCUT2D eigenvalue weighted by Crippen LogP contribution is 2.57. The van der Waals surface area contributed by atoms with Gasteiger partial charge in [0.2, 0.25) is 0 Å². The molecule has 0 N–H and O–H groups in total. The van der Waals surface area contributed by atoms with Crippen LogP contribution in [0.25, 0.3) is 88.7 Å². The third-order valence-corrected chi connectivity index (χ3v) is 11.2. The van der Waals surface area contributed by atoms with Crippen molar-refractivity contribution in [2.24, 2.45) is 0 Å². The van der Waals surface area contributed by atoms with E-state index in [0.29, 0.717) is 0 Å². The van der Waals surface area contributed by atoms with Gasteiger partial charge in [-0.1, -0.05) is 164 Å². The van der Waals surface area contributed by atoms with Crippen molar-refractivity contribution in [3.8, 4) is 77.9 Å². The van der Waals surface area contributed by atoms with E-state index in [-0.39, 0.29) is 0 Å². The van der Waals surface area contributed by atoms with E-state index in [1.54, 1.807) is 0 Å². The van der Waals surface area contributed by atoms with Crippen LogP contribution in [0.3, 0.4) is 0 Å². The van der Waals surface area contributed by atoms with Crippen LogP contribution in [0.1, 0.15) is 0 Å². The zero-order valence-electron chi connectivity index (χ0n) is 29.0. The Bertz CT molecular complexity index is 2860. The molecule has 9 aromatic rings. The van der Waals surface area contributed by atoms with Gasteiger partial charge in [-0.15, -0.1) is 0 Å². The molecule has 0 saturated heterocycles. The lowest BCUT2D eigenvalue weighted by Gasteiger charge is -2.28. The van der Waals surface area contributed by atoms with E-state index in [0.717, 1.165) is 17.1 Å². The molecule has 2 aliphatic rings. The Balaban J connectivity index is 1.06. The average molecular weight is 672 g/mol. The molecule has 0 unspecified atom stereocenters. The maximum absolute atomic E-state index is 2.42. The molecule has 0 radical (unpaired) electrons. The molecule has 9 aromatic carbocycles. The zero-order chi connectivity index (χ0) is 34.9. The molecule has 1 heteroatoms. The van der Waals surface area contributed by atoms with E-state index in [2.05, 4.69) is 205 Å². The quantitative estimate of drug-likeness (QED) is 0.176. The summed E-state index contributed by atoms with van der Waals surface area (Å²) >= 11 is 0. The van der Waals surface area contributed by atoms with Gasteiger partial charge in [0.05, 0.1) is 5.69 Å². The van der Waals surface area contributed by atoms with Crippen molar-refractivity contribution in [1.82, 2.24) is 0 Å². The molecular weight excluding hydrogens is 639 g/mol. The van der Waals surface area contributed by atoms with E-state index in [1.165, 1.54) is 88.7 Å². The van der Waals surface area contributed by atoms with Crippen LogP contribution in [-0.2, 0) is 0 Å². The Morgan fingerprint density at radius 1 is 0.245 bits per heavy atom. The van der Waals surface area contributed by atoms with Crippen LogP contribution < -0.4 is 4.90 Å². The van der Waals surface area contributed by atoms with Crippen molar-refractivity contribution in [1.29, 1.82) is 0 Å². The lowest BCUT2D eigenvalue weighted by atomic mass is 9.83. The second-order valence-electron chi connectivity index (χ2n) is 14.1. The Morgan fingerprint density at radius 2 is 0.774 bits per heavy atom. The minimum absolute atomic E-state index is 1.11. The molecule has 0 aromatic heterocycles. The fourth-order valence-electron chi connectivity index (χ4n) is 8.76. The Morgan fingerprint density at radius 3 is 1.53 bits per heavy atom. The van der Waals surface area contributed by atoms with Gasteiger partial charge in [0.15, 0.2) is 0 Å². The zero-order valence-corrected chi connectivity index (χ0v) is 29.0. The molecule has 6 bridgehead atoms. The topological polar surface area (TPSA) is 3.24 Å². The average Bonchev–Trinajstić information content (AvgIpc) is 3.34. The van der Waals surface area contributed by atoms with Gasteiger partial charge < -0.3 is 4.90 Å². The molecule has 0 fully saturated rings. The second kappa shape index (κ2) is 11.8. The summed E-state index contributed by atoms with van der Waals surface area (Å²) in [4.78, 5) is 2.40. The summed E-state index contributed by atoms with van der Waals surface area (Å²) in [6.45, 7) is 0. The van der Waals surface area contributed by atoms with Crippen LogP contribution in [0.2, 0.25) is 0 Å². The maximum Gasteiger partial charge on any atom is 0.0540 e. The van der Waals surface area contributed by atoms with Gasteiger partial charge in [-0.25, -0.2) is 0 Å². The predicted octanol–water partition coefficient (Wildman–Crippen LogP) is 14.6. The van der Waals surface area contributed by atoms with Gasteiger partial charge in [0.1, 0.15) is 0 Å². The maximum atomic E-state index is 2.42. The number of fused-ring (bicyclic) bond motifs is 5. The summed E-state index contributed by atoms with van der Waals surface area (Å²) in [7, 11) is 0. The number of benzene rings is 9. The summed E-state index contributed by atoms with van der Waals surface area (Å²) < 4.78 is 0.